The lowest BCUT2D eigenvalue weighted by molar-refractivity contribution is 0.0954. The lowest BCUT2D eigenvalue weighted by Gasteiger charge is -2.17. The van der Waals surface area contributed by atoms with E-state index in [1.54, 1.807) is 25.1 Å². The summed E-state index contributed by atoms with van der Waals surface area (Å²) in [6, 6.07) is 4.86. The van der Waals surface area contributed by atoms with Gasteiger partial charge in [-0.25, -0.2) is 12.7 Å². The topological polar surface area (TPSA) is 92.5 Å². The number of carbonyl (C=O) groups is 1. The average molecular weight is 334 g/mol. The van der Waals surface area contributed by atoms with Crippen molar-refractivity contribution in [3.63, 3.8) is 0 Å². The normalized spacial score (nSPS) is 11.6. The molecule has 0 aliphatic rings. The molecule has 0 radical (unpaired) electrons. The second kappa shape index (κ2) is 7.63. The highest BCUT2D eigenvalue weighted by Crippen LogP contribution is 2.21. The predicted octanol–water partition coefficient (Wildman–Crippen LogP) is 1.32. The Morgan fingerprint density at radius 1 is 1.43 bits per heavy atom. The van der Waals surface area contributed by atoms with Crippen molar-refractivity contribution in [2.75, 3.05) is 31.6 Å². The van der Waals surface area contributed by atoms with E-state index < -0.39 is 10.0 Å². The molecule has 0 aromatic heterocycles. The fraction of sp³-hybridized carbons (Fsp3) is 0.462. The van der Waals surface area contributed by atoms with Gasteiger partial charge in [-0.05, 0) is 18.6 Å². The number of nitrogens with zero attached hydrogens (tertiary/aromatic N) is 1. The third-order valence-corrected chi connectivity index (χ3v) is 4.66. The lowest BCUT2D eigenvalue weighted by atomic mass is 10.1. The first-order valence-electron chi connectivity index (χ1n) is 6.54. The molecule has 8 heteroatoms. The van der Waals surface area contributed by atoms with Gasteiger partial charge in [0.25, 0.3) is 5.91 Å². The molecule has 118 valence electrons. The molecule has 1 rings (SSSR count). The summed E-state index contributed by atoms with van der Waals surface area (Å²) in [6.07, 6.45) is 1.68. The zero-order chi connectivity index (χ0) is 16.0. The lowest BCUT2D eigenvalue weighted by Crippen LogP contribution is -2.33. The standard InChI is InChI=1S/C13H20ClN3O3S/c1-3-17(21(2,19)20)9-5-8-16-13(18)12-10(14)6-4-7-11(12)15/h4,6-7H,3,5,8-9,15H2,1-2H3,(H,16,18). The van der Waals surface area contributed by atoms with Crippen LogP contribution in [-0.4, -0.2) is 44.5 Å². The summed E-state index contributed by atoms with van der Waals surface area (Å²) in [6.45, 7) is 2.87. The van der Waals surface area contributed by atoms with Crippen LogP contribution >= 0.6 is 11.6 Å². The summed E-state index contributed by atoms with van der Waals surface area (Å²) in [5, 5.41) is 2.98. The Bertz CT molecular complexity index is 584. The fourth-order valence-electron chi connectivity index (χ4n) is 1.88. The Hall–Kier alpha value is -1.31. The van der Waals surface area contributed by atoms with Crippen molar-refractivity contribution in [3.8, 4) is 0 Å². The number of anilines is 1. The molecule has 0 saturated heterocycles. The first kappa shape index (κ1) is 17.7. The summed E-state index contributed by atoms with van der Waals surface area (Å²) in [7, 11) is -3.20. The van der Waals surface area contributed by atoms with E-state index in [0.717, 1.165) is 0 Å². The van der Waals surface area contributed by atoms with E-state index in [1.807, 2.05) is 0 Å². The van der Waals surface area contributed by atoms with E-state index in [9.17, 15) is 13.2 Å². The SMILES string of the molecule is CCN(CCCNC(=O)c1c(N)cccc1Cl)S(C)(=O)=O. The molecule has 0 fully saturated rings. The molecule has 0 heterocycles. The summed E-state index contributed by atoms with van der Waals surface area (Å²) in [5.41, 5.74) is 6.28. The zero-order valence-corrected chi connectivity index (χ0v) is 13.7. The first-order chi connectivity index (χ1) is 9.77. The Morgan fingerprint density at radius 3 is 2.62 bits per heavy atom. The fourth-order valence-corrected chi connectivity index (χ4v) is 3.08. The molecule has 0 bridgehead atoms. The van der Waals surface area contributed by atoms with Gasteiger partial charge in [0.2, 0.25) is 10.0 Å². The summed E-state index contributed by atoms with van der Waals surface area (Å²) in [4.78, 5) is 12.0. The van der Waals surface area contributed by atoms with Crippen molar-refractivity contribution >= 4 is 33.2 Å². The highest BCUT2D eigenvalue weighted by atomic mass is 35.5. The monoisotopic (exact) mass is 333 g/mol. The molecule has 0 aliphatic carbocycles. The van der Waals surface area contributed by atoms with Crippen LogP contribution in [0.1, 0.15) is 23.7 Å². The third-order valence-electron chi connectivity index (χ3n) is 2.96. The Labute approximate surface area is 130 Å². The number of nitrogen functional groups attached to an aromatic ring is 1. The molecule has 1 aromatic carbocycles. The third kappa shape index (κ3) is 5.18. The maximum Gasteiger partial charge on any atom is 0.254 e. The number of rotatable bonds is 7. The number of nitrogens with two attached hydrogens (primary N) is 1. The Kier molecular flexibility index (Phi) is 6.44. The Balaban J connectivity index is 2.52. The second-order valence-corrected chi connectivity index (χ2v) is 6.96. The number of hydrogen-bond acceptors (Lipinski definition) is 4. The van der Waals surface area contributed by atoms with Gasteiger partial charge >= 0.3 is 0 Å². The van der Waals surface area contributed by atoms with Crippen LogP contribution < -0.4 is 11.1 Å². The number of amides is 1. The van der Waals surface area contributed by atoms with Gasteiger partial charge in [-0.3, -0.25) is 4.79 Å². The highest BCUT2D eigenvalue weighted by Gasteiger charge is 2.15. The van der Waals surface area contributed by atoms with Crippen molar-refractivity contribution in [1.82, 2.24) is 9.62 Å². The van der Waals surface area contributed by atoms with E-state index >= 15 is 0 Å². The average Bonchev–Trinajstić information content (AvgIpc) is 2.36. The number of benzene rings is 1. The van der Waals surface area contributed by atoms with Gasteiger partial charge in [-0.1, -0.05) is 24.6 Å². The van der Waals surface area contributed by atoms with Crippen LogP contribution in [0.4, 0.5) is 5.69 Å². The van der Waals surface area contributed by atoms with Gasteiger partial charge in [0.1, 0.15) is 0 Å². The number of hydrogen-bond donors (Lipinski definition) is 2. The van der Waals surface area contributed by atoms with Crippen molar-refractivity contribution < 1.29 is 13.2 Å². The number of carbonyl (C=O) groups excluding carboxylic acids is 1. The van der Waals surface area contributed by atoms with Gasteiger partial charge in [0, 0.05) is 25.3 Å². The van der Waals surface area contributed by atoms with Crippen LogP contribution in [0.2, 0.25) is 5.02 Å². The first-order valence-corrected chi connectivity index (χ1v) is 8.77. The molecule has 1 amide bonds. The van der Waals surface area contributed by atoms with Crippen molar-refractivity contribution in [2.24, 2.45) is 0 Å². The van der Waals surface area contributed by atoms with Crippen LogP contribution in [0.3, 0.4) is 0 Å². The van der Waals surface area contributed by atoms with E-state index in [0.29, 0.717) is 36.8 Å². The van der Waals surface area contributed by atoms with Gasteiger partial charge < -0.3 is 11.1 Å². The van der Waals surface area contributed by atoms with Crippen molar-refractivity contribution in [1.29, 1.82) is 0 Å². The summed E-state index contributed by atoms with van der Waals surface area (Å²) in [5.74, 6) is -0.361. The number of nitrogens with one attached hydrogen (secondary N) is 1. The highest BCUT2D eigenvalue weighted by molar-refractivity contribution is 7.88. The molecule has 0 atom stereocenters. The van der Waals surface area contributed by atoms with Gasteiger partial charge in [-0.15, -0.1) is 0 Å². The van der Waals surface area contributed by atoms with Crippen LogP contribution in [0.25, 0.3) is 0 Å². The molecular weight excluding hydrogens is 314 g/mol. The molecule has 21 heavy (non-hydrogen) atoms. The molecule has 0 aliphatic heterocycles. The number of sulfonamides is 1. The Morgan fingerprint density at radius 2 is 2.10 bits per heavy atom. The molecular formula is C13H20ClN3O3S. The van der Waals surface area contributed by atoms with Crippen LogP contribution in [0.5, 0.6) is 0 Å². The number of halogens is 1. The van der Waals surface area contributed by atoms with Crippen LogP contribution in [-0.2, 0) is 10.0 Å². The zero-order valence-electron chi connectivity index (χ0n) is 12.1. The second-order valence-electron chi connectivity index (χ2n) is 4.57. The van der Waals surface area contributed by atoms with Gasteiger partial charge in [-0.2, -0.15) is 0 Å². The predicted molar refractivity (Wildman–Crippen MR) is 84.9 cm³/mol. The van der Waals surface area contributed by atoms with E-state index in [1.165, 1.54) is 10.6 Å². The molecule has 0 spiro atoms. The minimum atomic E-state index is -3.20. The minimum absolute atomic E-state index is 0.245. The minimum Gasteiger partial charge on any atom is -0.398 e. The molecule has 1 aromatic rings. The van der Waals surface area contributed by atoms with E-state index in [2.05, 4.69) is 5.32 Å². The van der Waals surface area contributed by atoms with Crippen molar-refractivity contribution in [2.45, 2.75) is 13.3 Å². The van der Waals surface area contributed by atoms with Gasteiger partial charge in [0.05, 0.1) is 16.8 Å². The summed E-state index contributed by atoms with van der Waals surface area (Å²) < 4.78 is 24.2. The summed E-state index contributed by atoms with van der Waals surface area (Å²) >= 11 is 5.94. The molecule has 6 nitrogen and oxygen atoms in total. The van der Waals surface area contributed by atoms with E-state index in [4.69, 9.17) is 17.3 Å². The van der Waals surface area contributed by atoms with Crippen LogP contribution in [0, 0.1) is 0 Å². The largest absolute Gasteiger partial charge is 0.398 e. The quantitative estimate of drug-likeness (QED) is 0.581. The molecule has 0 saturated carbocycles. The smallest absolute Gasteiger partial charge is 0.254 e. The maximum absolute atomic E-state index is 12.0. The van der Waals surface area contributed by atoms with Crippen molar-refractivity contribution in [3.05, 3.63) is 28.8 Å². The molecule has 0 unspecified atom stereocenters. The maximum atomic E-state index is 12.0. The van der Waals surface area contributed by atoms with Crippen LogP contribution in [0.15, 0.2) is 18.2 Å². The van der Waals surface area contributed by atoms with Gasteiger partial charge in [0.15, 0.2) is 0 Å². The molecule has 3 N–H and O–H groups in total. The van der Waals surface area contributed by atoms with E-state index in [-0.39, 0.29) is 11.5 Å².